The van der Waals surface area contributed by atoms with Crippen LogP contribution in [0.1, 0.15) is 37.3 Å². The highest BCUT2D eigenvalue weighted by Gasteiger charge is 2.11. The first-order chi connectivity index (χ1) is 8.50. The van der Waals surface area contributed by atoms with Crippen LogP contribution in [0.5, 0.6) is 0 Å². The Hall–Kier alpha value is -0.940. The predicted molar refractivity (Wildman–Crippen MR) is 74.1 cm³/mol. The number of carboxylic acids is 1. The molecule has 0 aliphatic carbocycles. The van der Waals surface area contributed by atoms with Gasteiger partial charge < -0.3 is 10.0 Å². The van der Waals surface area contributed by atoms with Crippen LogP contribution in [0.4, 0.5) is 0 Å². The predicted octanol–water partition coefficient (Wildman–Crippen LogP) is 2.57. The number of carbonyl (C=O) groups is 1. The van der Waals surface area contributed by atoms with Crippen LogP contribution in [-0.2, 0) is 11.2 Å². The Morgan fingerprint density at radius 3 is 2.72 bits per heavy atom. The molecule has 0 radical (unpaired) electrons. The molecule has 0 fully saturated rings. The summed E-state index contributed by atoms with van der Waals surface area (Å²) in [5.74, 6) is -0.711. The Morgan fingerprint density at radius 1 is 1.50 bits per heavy atom. The number of hydrogen-bond acceptors (Lipinski definition) is 4. The molecule has 0 bridgehead atoms. The molecule has 102 valence electrons. The summed E-state index contributed by atoms with van der Waals surface area (Å²) < 4.78 is 0. The van der Waals surface area contributed by atoms with Gasteiger partial charge in [0, 0.05) is 23.9 Å². The van der Waals surface area contributed by atoms with Gasteiger partial charge >= 0.3 is 5.97 Å². The van der Waals surface area contributed by atoms with Gasteiger partial charge in [0.2, 0.25) is 0 Å². The molecule has 1 aromatic rings. The monoisotopic (exact) mass is 270 g/mol. The maximum Gasteiger partial charge on any atom is 0.303 e. The van der Waals surface area contributed by atoms with Crippen molar-refractivity contribution in [3.8, 4) is 0 Å². The van der Waals surface area contributed by atoms with Gasteiger partial charge in [0.15, 0.2) is 0 Å². The summed E-state index contributed by atoms with van der Waals surface area (Å²) in [6, 6.07) is 0.451. The van der Waals surface area contributed by atoms with Crippen molar-refractivity contribution in [2.24, 2.45) is 0 Å². The zero-order valence-corrected chi connectivity index (χ0v) is 12.2. The molecule has 1 N–H and O–H groups in total. The molecule has 4 nitrogen and oxygen atoms in total. The van der Waals surface area contributed by atoms with Crippen molar-refractivity contribution in [2.75, 3.05) is 13.1 Å². The third-order valence-corrected chi connectivity index (χ3v) is 4.03. The van der Waals surface area contributed by atoms with Crippen LogP contribution in [0.2, 0.25) is 0 Å². The molecule has 0 amide bonds. The molecule has 1 aromatic heterocycles. The molecule has 1 heterocycles. The average Bonchev–Trinajstić information content (AvgIpc) is 2.68. The standard InChI is InChI=1S/C13H22N2O2S/c1-10(2)15(7-4-5-13(16)17)8-6-12-11(3)14-9-18-12/h9-10H,4-8H2,1-3H3,(H,16,17). The second-order valence-corrected chi connectivity index (χ2v) is 5.68. The molecule has 0 aliphatic heterocycles. The van der Waals surface area contributed by atoms with Crippen LogP contribution >= 0.6 is 11.3 Å². The summed E-state index contributed by atoms with van der Waals surface area (Å²) >= 11 is 1.70. The maximum atomic E-state index is 10.5. The fraction of sp³-hybridized carbons (Fsp3) is 0.692. The van der Waals surface area contributed by atoms with E-state index in [1.165, 1.54) is 4.88 Å². The number of aromatic nitrogens is 1. The largest absolute Gasteiger partial charge is 0.481 e. The number of thiazole rings is 1. The van der Waals surface area contributed by atoms with Crippen molar-refractivity contribution in [3.63, 3.8) is 0 Å². The van der Waals surface area contributed by atoms with Gasteiger partial charge in [0.1, 0.15) is 0 Å². The summed E-state index contributed by atoms with van der Waals surface area (Å²) in [5.41, 5.74) is 3.00. The van der Waals surface area contributed by atoms with Gasteiger partial charge in [0.25, 0.3) is 0 Å². The second kappa shape index (κ2) is 7.48. The first-order valence-corrected chi connectivity index (χ1v) is 7.23. The molecule has 0 spiro atoms. The van der Waals surface area contributed by atoms with Gasteiger partial charge in [-0.1, -0.05) is 0 Å². The number of nitrogens with zero attached hydrogens (tertiary/aromatic N) is 2. The minimum absolute atomic E-state index is 0.253. The molecule has 5 heteroatoms. The number of hydrogen-bond donors (Lipinski definition) is 1. The van der Waals surface area contributed by atoms with E-state index >= 15 is 0 Å². The zero-order valence-electron chi connectivity index (χ0n) is 11.3. The third kappa shape index (κ3) is 5.14. The van der Waals surface area contributed by atoms with E-state index in [0.717, 1.165) is 31.6 Å². The lowest BCUT2D eigenvalue weighted by Crippen LogP contribution is -2.34. The van der Waals surface area contributed by atoms with E-state index in [9.17, 15) is 4.79 Å². The SMILES string of the molecule is Cc1ncsc1CCN(CCCC(=O)O)C(C)C. The molecule has 0 unspecified atom stereocenters. The van der Waals surface area contributed by atoms with Crippen molar-refractivity contribution in [1.29, 1.82) is 0 Å². The fourth-order valence-electron chi connectivity index (χ4n) is 1.87. The lowest BCUT2D eigenvalue weighted by atomic mass is 10.2. The molecule has 0 atom stereocenters. The maximum absolute atomic E-state index is 10.5. The minimum atomic E-state index is -0.711. The zero-order chi connectivity index (χ0) is 13.5. The van der Waals surface area contributed by atoms with E-state index in [0.29, 0.717) is 6.04 Å². The average molecular weight is 270 g/mol. The summed E-state index contributed by atoms with van der Waals surface area (Å²) in [5, 5.41) is 8.66. The molecule has 0 aromatic carbocycles. The lowest BCUT2D eigenvalue weighted by molar-refractivity contribution is -0.137. The normalized spacial score (nSPS) is 11.4. The molecule has 0 aliphatic rings. The van der Waals surface area contributed by atoms with Gasteiger partial charge in [-0.25, -0.2) is 4.98 Å². The Kier molecular flexibility index (Phi) is 6.29. The minimum Gasteiger partial charge on any atom is -0.481 e. The molecule has 1 rings (SSSR count). The molecule has 18 heavy (non-hydrogen) atoms. The Morgan fingerprint density at radius 2 is 2.22 bits per heavy atom. The van der Waals surface area contributed by atoms with Crippen LogP contribution < -0.4 is 0 Å². The highest BCUT2D eigenvalue weighted by molar-refractivity contribution is 7.09. The number of aliphatic carboxylic acids is 1. The van der Waals surface area contributed by atoms with E-state index in [-0.39, 0.29) is 6.42 Å². The Labute approximate surface area is 113 Å². The van der Waals surface area contributed by atoms with Gasteiger partial charge in [-0.15, -0.1) is 11.3 Å². The van der Waals surface area contributed by atoms with E-state index in [1.807, 2.05) is 12.4 Å². The highest BCUT2D eigenvalue weighted by atomic mass is 32.1. The second-order valence-electron chi connectivity index (χ2n) is 4.74. The summed E-state index contributed by atoms with van der Waals surface area (Å²) in [6.45, 7) is 8.17. The van der Waals surface area contributed by atoms with Crippen LogP contribution in [-0.4, -0.2) is 40.1 Å². The summed E-state index contributed by atoms with van der Waals surface area (Å²) in [7, 11) is 0. The van der Waals surface area contributed by atoms with E-state index in [1.54, 1.807) is 11.3 Å². The number of carboxylic acid groups (broad SMARTS) is 1. The van der Waals surface area contributed by atoms with E-state index in [4.69, 9.17) is 5.11 Å². The number of aryl methyl sites for hydroxylation is 1. The van der Waals surface area contributed by atoms with Crippen molar-refractivity contribution in [3.05, 3.63) is 16.1 Å². The first-order valence-electron chi connectivity index (χ1n) is 6.35. The van der Waals surface area contributed by atoms with Gasteiger partial charge in [0.05, 0.1) is 11.2 Å². The van der Waals surface area contributed by atoms with Crippen LogP contribution in [0.15, 0.2) is 5.51 Å². The van der Waals surface area contributed by atoms with Crippen molar-refractivity contribution in [2.45, 2.75) is 46.1 Å². The van der Waals surface area contributed by atoms with Crippen LogP contribution in [0.3, 0.4) is 0 Å². The Balaban J connectivity index is 2.38. The van der Waals surface area contributed by atoms with E-state index in [2.05, 4.69) is 23.7 Å². The molecular weight excluding hydrogens is 248 g/mol. The van der Waals surface area contributed by atoms with Crippen molar-refractivity contribution in [1.82, 2.24) is 9.88 Å². The first kappa shape index (κ1) is 15.1. The summed E-state index contributed by atoms with van der Waals surface area (Å²) in [4.78, 5) is 18.4. The van der Waals surface area contributed by atoms with Crippen molar-refractivity contribution < 1.29 is 9.90 Å². The fourth-order valence-corrected chi connectivity index (χ4v) is 2.64. The lowest BCUT2D eigenvalue weighted by Gasteiger charge is -2.26. The number of rotatable bonds is 8. The molecular formula is C13H22N2O2S. The van der Waals surface area contributed by atoms with Gasteiger partial charge in [-0.3, -0.25) is 4.79 Å². The third-order valence-electron chi connectivity index (χ3n) is 3.04. The van der Waals surface area contributed by atoms with E-state index < -0.39 is 5.97 Å². The highest BCUT2D eigenvalue weighted by Crippen LogP contribution is 2.14. The van der Waals surface area contributed by atoms with Gasteiger partial charge in [-0.05, 0) is 40.2 Å². The smallest absolute Gasteiger partial charge is 0.303 e. The molecule has 0 saturated heterocycles. The quantitative estimate of drug-likeness (QED) is 0.789. The van der Waals surface area contributed by atoms with Crippen molar-refractivity contribution >= 4 is 17.3 Å². The van der Waals surface area contributed by atoms with Crippen LogP contribution in [0.25, 0.3) is 0 Å². The summed E-state index contributed by atoms with van der Waals surface area (Å²) in [6.07, 6.45) is 1.97. The topological polar surface area (TPSA) is 53.4 Å². The molecule has 0 saturated carbocycles. The van der Waals surface area contributed by atoms with Gasteiger partial charge in [-0.2, -0.15) is 0 Å². The Bertz CT molecular complexity index is 377. The van der Waals surface area contributed by atoms with Crippen LogP contribution in [0, 0.1) is 6.92 Å².